The highest BCUT2D eigenvalue weighted by molar-refractivity contribution is 6.00. The van der Waals surface area contributed by atoms with Crippen molar-refractivity contribution in [3.8, 4) is 0 Å². The van der Waals surface area contributed by atoms with Crippen molar-refractivity contribution in [1.82, 2.24) is 0 Å². The van der Waals surface area contributed by atoms with Crippen molar-refractivity contribution in [3.05, 3.63) is 12.2 Å². The fourth-order valence-electron chi connectivity index (χ4n) is 3.02. The summed E-state index contributed by atoms with van der Waals surface area (Å²) in [5.74, 6) is -0.910. The minimum absolute atomic E-state index is 0.0201. The lowest BCUT2D eigenvalue weighted by Gasteiger charge is -2.33. The van der Waals surface area contributed by atoms with E-state index in [9.17, 15) is 9.59 Å². The van der Waals surface area contributed by atoms with Crippen molar-refractivity contribution in [1.29, 1.82) is 0 Å². The van der Waals surface area contributed by atoms with Crippen LogP contribution in [0.3, 0.4) is 0 Å². The Kier molecular flexibility index (Phi) is 5.58. The molecule has 4 nitrogen and oxygen atoms in total. The van der Waals surface area contributed by atoms with Gasteiger partial charge in [-0.2, -0.15) is 0 Å². The Bertz CT molecular complexity index is 337. The van der Waals surface area contributed by atoms with Gasteiger partial charge in [-0.25, -0.2) is 0 Å². The van der Waals surface area contributed by atoms with Gasteiger partial charge in [0.2, 0.25) is 0 Å². The first-order chi connectivity index (χ1) is 8.98. The number of allylic oxidation sites excluding steroid dienone is 1. The molecule has 0 aromatic heterocycles. The topological polar surface area (TPSA) is 52.6 Å². The van der Waals surface area contributed by atoms with Crippen molar-refractivity contribution in [2.75, 3.05) is 14.2 Å². The summed E-state index contributed by atoms with van der Waals surface area (Å²) in [6, 6.07) is 0. The molecular weight excluding hydrogens is 244 g/mol. The third kappa shape index (κ3) is 3.17. The highest BCUT2D eigenvalue weighted by atomic mass is 16.5. The molecule has 0 spiro atoms. The van der Waals surface area contributed by atoms with Crippen LogP contribution in [0.1, 0.15) is 45.4 Å². The largest absolute Gasteiger partial charge is 0.468 e. The molecule has 0 N–H and O–H groups in total. The van der Waals surface area contributed by atoms with E-state index in [0.29, 0.717) is 12.8 Å². The lowest BCUT2D eigenvalue weighted by molar-refractivity contribution is -0.174. The quantitative estimate of drug-likeness (QED) is 0.422. The van der Waals surface area contributed by atoms with Crippen LogP contribution in [0.25, 0.3) is 0 Å². The van der Waals surface area contributed by atoms with Crippen LogP contribution < -0.4 is 0 Å². The van der Waals surface area contributed by atoms with E-state index in [1.807, 2.05) is 6.92 Å². The Balaban J connectivity index is 3.10. The Labute approximate surface area is 115 Å². The van der Waals surface area contributed by atoms with Gasteiger partial charge in [0, 0.05) is 0 Å². The molecule has 0 amide bonds. The van der Waals surface area contributed by atoms with E-state index in [0.717, 1.165) is 31.3 Å². The van der Waals surface area contributed by atoms with Gasteiger partial charge >= 0.3 is 11.9 Å². The van der Waals surface area contributed by atoms with Crippen LogP contribution >= 0.6 is 0 Å². The van der Waals surface area contributed by atoms with Crippen molar-refractivity contribution >= 4 is 11.9 Å². The smallest absolute Gasteiger partial charge is 0.323 e. The number of methoxy groups -OCH3 is 2. The Morgan fingerprint density at radius 1 is 1.16 bits per heavy atom. The molecule has 1 aliphatic rings. The molecule has 1 fully saturated rings. The van der Waals surface area contributed by atoms with Crippen LogP contribution in [0.4, 0.5) is 0 Å². The predicted molar refractivity (Wildman–Crippen MR) is 72.5 cm³/mol. The van der Waals surface area contributed by atoms with Crippen molar-refractivity contribution < 1.29 is 19.1 Å². The summed E-state index contributed by atoms with van der Waals surface area (Å²) >= 11 is 0. The molecule has 0 aromatic carbocycles. The second-order valence-corrected chi connectivity index (χ2v) is 5.39. The van der Waals surface area contributed by atoms with Gasteiger partial charge in [-0.05, 0) is 38.5 Å². The molecule has 1 rings (SSSR count). The average molecular weight is 268 g/mol. The molecule has 0 aliphatic heterocycles. The molecule has 1 saturated carbocycles. The number of hydrogen-bond acceptors (Lipinski definition) is 4. The van der Waals surface area contributed by atoms with Crippen LogP contribution in [-0.4, -0.2) is 26.2 Å². The third-order valence-electron chi connectivity index (χ3n) is 4.10. The van der Waals surface area contributed by atoms with Crippen molar-refractivity contribution in [2.24, 2.45) is 11.3 Å². The van der Waals surface area contributed by atoms with Crippen LogP contribution in [0.2, 0.25) is 0 Å². The zero-order chi connectivity index (χ0) is 14.5. The standard InChI is InChI=1S/C15H24O4/c1-11(2)9-10-15(13(16)18-3,14(17)19-4)12-7-5-6-8-12/h12H,1,5-10H2,2-4H3. The molecule has 0 bridgehead atoms. The van der Waals surface area contributed by atoms with Gasteiger partial charge in [0.25, 0.3) is 0 Å². The Morgan fingerprint density at radius 2 is 1.63 bits per heavy atom. The molecule has 0 radical (unpaired) electrons. The van der Waals surface area contributed by atoms with E-state index in [1.54, 1.807) is 0 Å². The maximum Gasteiger partial charge on any atom is 0.323 e. The molecule has 0 unspecified atom stereocenters. The monoisotopic (exact) mass is 268 g/mol. The maximum absolute atomic E-state index is 12.3. The zero-order valence-corrected chi connectivity index (χ0v) is 12.2. The third-order valence-corrected chi connectivity index (χ3v) is 4.10. The lowest BCUT2D eigenvalue weighted by atomic mass is 9.70. The first-order valence-electron chi connectivity index (χ1n) is 6.80. The SMILES string of the molecule is C=C(C)CCC(C(=O)OC)(C(=O)OC)C1CCCC1. The number of ether oxygens (including phenoxy) is 2. The van der Waals surface area contributed by atoms with Gasteiger partial charge in [-0.3, -0.25) is 9.59 Å². The van der Waals surface area contributed by atoms with E-state index < -0.39 is 17.4 Å². The minimum Gasteiger partial charge on any atom is -0.468 e. The molecule has 0 aromatic rings. The van der Waals surface area contributed by atoms with E-state index in [1.165, 1.54) is 14.2 Å². The fourth-order valence-corrected chi connectivity index (χ4v) is 3.02. The predicted octanol–water partition coefficient (Wildman–Crippen LogP) is 2.87. The summed E-state index contributed by atoms with van der Waals surface area (Å²) in [5, 5.41) is 0. The van der Waals surface area contributed by atoms with Crippen molar-refractivity contribution in [2.45, 2.75) is 45.4 Å². The average Bonchev–Trinajstić information content (AvgIpc) is 2.92. The van der Waals surface area contributed by atoms with Crippen LogP contribution in [0.5, 0.6) is 0 Å². The van der Waals surface area contributed by atoms with E-state index in [2.05, 4.69) is 6.58 Å². The van der Waals surface area contributed by atoms with Gasteiger partial charge in [0.1, 0.15) is 0 Å². The van der Waals surface area contributed by atoms with Gasteiger partial charge < -0.3 is 9.47 Å². The second kappa shape index (κ2) is 6.73. The summed E-state index contributed by atoms with van der Waals surface area (Å²) < 4.78 is 9.83. The molecule has 0 saturated heterocycles. The number of esters is 2. The summed E-state index contributed by atoms with van der Waals surface area (Å²) in [7, 11) is 2.66. The number of hydrogen-bond donors (Lipinski definition) is 0. The lowest BCUT2D eigenvalue weighted by Crippen LogP contribution is -2.46. The van der Waals surface area contributed by atoms with Crippen LogP contribution in [0.15, 0.2) is 12.2 Å². The summed E-state index contributed by atoms with van der Waals surface area (Å²) in [6.45, 7) is 5.75. The summed E-state index contributed by atoms with van der Waals surface area (Å²) in [6.07, 6.45) is 4.90. The first kappa shape index (κ1) is 15.7. The highest BCUT2D eigenvalue weighted by Gasteiger charge is 2.54. The molecule has 0 heterocycles. The van der Waals surface area contributed by atoms with Crippen LogP contribution in [0, 0.1) is 11.3 Å². The summed E-state index contributed by atoms with van der Waals surface area (Å²) in [5.41, 5.74) is -0.200. The number of carbonyl (C=O) groups excluding carboxylic acids is 2. The van der Waals surface area contributed by atoms with Gasteiger partial charge in [-0.15, -0.1) is 6.58 Å². The first-order valence-corrected chi connectivity index (χ1v) is 6.80. The Morgan fingerprint density at radius 3 is 2.00 bits per heavy atom. The highest BCUT2D eigenvalue weighted by Crippen LogP contribution is 2.45. The molecule has 1 aliphatic carbocycles. The Hall–Kier alpha value is -1.32. The van der Waals surface area contributed by atoms with E-state index in [4.69, 9.17) is 9.47 Å². The van der Waals surface area contributed by atoms with Crippen molar-refractivity contribution in [3.63, 3.8) is 0 Å². The van der Waals surface area contributed by atoms with Gasteiger partial charge in [0.15, 0.2) is 5.41 Å². The van der Waals surface area contributed by atoms with E-state index in [-0.39, 0.29) is 5.92 Å². The normalized spacial score (nSPS) is 16.2. The van der Waals surface area contributed by atoms with Crippen LogP contribution in [-0.2, 0) is 19.1 Å². The van der Waals surface area contributed by atoms with Gasteiger partial charge in [-0.1, -0.05) is 18.4 Å². The zero-order valence-electron chi connectivity index (χ0n) is 12.2. The summed E-state index contributed by atoms with van der Waals surface area (Å²) in [4.78, 5) is 24.6. The van der Waals surface area contributed by atoms with E-state index >= 15 is 0 Å². The molecular formula is C15H24O4. The number of rotatable bonds is 6. The second-order valence-electron chi connectivity index (χ2n) is 5.39. The van der Waals surface area contributed by atoms with Gasteiger partial charge in [0.05, 0.1) is 14.2 Å². The molecule has 19 heavy (non-hydrogen) atoms. The fraction of sp³-hybridized carbons (Fsp3) is 0.733. The molecule has 108 valence electrons. The maximum atomic E-state index is 12.3. The minimum atomic E-state index is -1.15. The molecule has 4 heteroatoms. The molecule has 0 atom stereocenters. The number of carbonyl (C=O) groups is 2.